The SMILES string of the molecule is C=CCOc1c(I)cc(/C=C2\C=C(c3ccc(C)cc3)OC2=O)cc1OC. The van der Waals surface area contributed by atoms with E-state index in [2.05, 4.69) is 29.2 Å². The van der Waals surface area contributed by atoms with Crippen LogP contribution in [0.15, 0.2) is 60.7 Å². The maximum atomic E-state index is 12.3. The van der Waals surface area contributed by atoms with Crippen LogP contribution in [0.3, 0.4) is 0 Å². The second kappa shape index (κ2) is 8.43. The zero-order valence-corrected chi connectivity index (χ0v) is 17.3. The van der Waals surface area contributed by atoms with Crippen molar-refractivity contribution in [3.05, 3.63) is 81.0 Å². The van der Waals surface area contributed by atoms with Gasteiger partial charge in [-0.25, -0.2) is 4.79 Å². The second-order valence-corrected chi connectivity index (χ2v) is 7.16. The molecule has 0 spiro atoms. The Labute approximate surface area is 172 Å². The minimum atomic E-state index is -0.369. The van der Waals surface area contributed by atoms with Crippen molar-refractivity contribution in [3.63, 3.8) is 0 Å². The quantitative estimate of drug-likeness (QED) is 0.251. The summed E-state index contributed by atoms with van der Waals surface area (Å²) in [5.41, 5.74) is 3.34. The van der Waals surface area contributed by atoms with Crippen LogP contribution in [-0.4, -0.2) is 19.7 Å². The molecule has 138 valence electrons. The molecular weight excluding hydrogens is 455 g/mol. The van der Waals surface area contributed by atoms with Crippen LogP contribution < -0.4 is 9.47 Å². The Morgan fingerprint density at radius 3 is 2.63 bits per heavy atom. The third kappa shape index (κ3) is 4.42. The first-order valence-electron chi connectivity index (χ1n) is 8.35. The summed E-state index contributed by atoms with van der Waals surface area (Å²) in [5.74, 6) is 1.44. The first-order chi connectivity index (χ1) is 13.0. The Morgan fingerprint density at radius 2 is 1.96 bits per heavy atom. The summed E-state index contributed by atoms with van der Waals surface area (Å²) in [6.45, 7) is 6.06. The molecule has 0 saturated heterocycles. The number of aryl methyl sites for hydroxylation is 1. The number of cyclic esters (lactones) is 1. The molecule has 2 aromatic carbocycles. The van der Waals surface area contributed by atoms with Crippen LogP contribution in [0.2, 0.25) is 0 Å². The zero-order valence-electron chi connectivity index (χ0n) is 15.1. The fourth-order valence-corrected chi connectivity index (χ4v) is 3.42. The molecule has 0 bridgehead atoms. The van der Waals surface area contributed by atoms with Gasteiger partial charge in [0.2, 0.25) is 0 Å². The van der Waals surface area contributed by atoms with Crippen molar-refractivity contribution in [2.24, 2.45) is 0 Å². The van der Waals surface area contributed by atoms with Gasteiger partial charge in [-0.2, -0.15) is 0 Å². The molecule has 4 nitrogen and oxygen atoms in total. The summed E-state index contributed by atoms with van der Waals surface area (Å²) >= 11 is 2.18. The molecule has 2 aromatic rings. The van der Waals surface area contributed by atoms with E-state index in [9.17, 15) is 4.79 Å². The van der Waals surface area contributed by atoms with Gasteiger partial charge in [0.05, 0.1) is 16.3 Å². The number of carbonyl (C=O) groups excluding carboxylic acids is 1. The smallest absolute Gasteiger partial charge is 0.343 e. The van der Waals surface area contributed by atoms with Crippen molar-refractivity contribution < 1.29 is 19.0 Å². The van der Waals surface area contributed by atoms with Crippen LogP contribution in [0.4, 0.5) is 0 Å². The summed E-state index contributed by atoms with van der Waals surface area (Å²) in [7, 11) is 1.59. The molecule has 0 unspecified atom stereocenters. The molecule has 1 aliphatic rings. The van der Waals surface area contributed by atoms with Crippen molar-refractivity contribution in [3.8, 4) is 11.5 Å². The molecule has 1 aliphatic heterocycles. The number of methoxy groups -OCH3 is 1. The van der Waals surface area contributed by atoms with Gasteiger partial charge >= 0.3 is 5.97 Å². The van der Waals surface area contributed by atoms with Gasteiger partial charge in [-0.15, -0.1) is 0 Å². The summed E-state index contributed by atoms with van der Waals surface area (Å²) < 4.78 is 17.4. The van der Waals surface area contributed by atoms with E-state index in [1.807, 2.05) is 43.3 Å². The van der Waals surface area contributed by atoms with Crippen LogP contribution in [0.25, 0.3) is 11.8 Å². The molecule has 3 rings (SSSR count). The van der Waals surface area contributed by atoms with E-state index in [4.69, 9.17) is 14.2 Å². The van der Waals surface area contributed by atoms with E-state index in [0.717, 1.165) is 20.3 Å². The van der Waals surface area contributed by atoms with E-state index in [-0.39, 0.29) is 5.97 Å². The molecule has 0 aromatic heterocycles. The maximum absolute atomic E-state index is 12.3. The van der Waals surface area contributed by atoms with Crippen LogP contribution in [0.1, 0.15) is 16.7 Å². The van der Waals surface area contributed by atoms with Gasteiger partial charge in [-0.1, -0.05) is 42.5 Å². The zero-order chi connectivity index (χ0) is 19.4. The van der Waals surface area contributed by atoms with E-state index in [0.29, 0.717) is 29.4 Å². The number of benzene rings is 2. The molecule has 0 atom stereocenters. The van der Waals surface area contributed by atoms with Crippen LogP contribution in [0.5, 0.6) is 11.5 Å². The summed E-state index contributed by atoms with van der Waals surface area (Å²) in [5, 5.41) is 0. The number of hydrogen-bond donors (Lipinski definition) is 0. The Hall–Kier alpha value is -2.54. The maximum Gasteiger partial charge on any atom is 0.343 e. The molecule has 1 heterocycles. The molecule has 5 heteroatoms. The Balaban J connectivity index is 1.93. The van der Waals surface area contributed by atoms with E-state index < -0.39 is 0 Å². The highest BCUT2D eigenvalue weighted by molar-refractivity contribution is 14.1. The highest BCUT2D eigenvalue weighted by atomic mass is 127. The molecule has 0 amide bonds. The van der Waals surface area contributed by atoms with Crippen molar-refractivity contribution in [1.29, 1.82) is 0 Å². The Kier molecular flexibility index (Phi) is 6.01. The fraction of sp³-hybridized carbons (Fsp3) is 0.136. The number of hydrogen-bond acceptors (Lipinski definition) is 4. The fourth-order valence-electron chi connectivity index (χ4n) is 2.63. The van der Waals surface area contributed by atoms with E-state index >= 15 is 0 Å². The second-order valence-electron chi connectivity index (χ2n) is 6.00. The van der Waals surface area contributed by atoms with Crippen LogP contribution >= 0.6 is 22.6 Å². The van der Waals surface area contributed by atoms with Gasteiger partial charge in [0, 0.05) is 5.56 Å². The number of carbonyl (C=O) groups is 1. The summed E-state index contributed by atoms with van der Waals surface area (Å²) in [6, 6.07) is 11.6. The van der Waals surface area contributed by atoms with Gasteiger partial charge in [0.25, 0.3) is 0 Å². The highest BCUT2D eigenvalue weighted by Gasteiger charge is 2.22. The Morgan fingerprint density at radius 1 is 1.22 bits per heavy atom. The van der Waals surface area contributed by atoms with Gasteiger partial charge in [-0.05, 0) is 59.4 Å². The third-order valence-electron chi connectivity index (χ3n) is 3.98. The van der Waals surface area contributed by atoms with Crippen molar-refractivity contribution in [2.75, 3.05) is 13.7 Å². The molecular formula is C22H19IO4. The van der Waals surface area contributed by atoms with Gasteiger partial charge in [0.1, 0.15) is 12.4 Å². The van der Waals surface area contributed by atoms with Crippen molar-refractivity contribution in [1.82, 2.24) is 0 Å². The number of rotatable bonds is 6. The van der Waals surface area contributed by atoms with Crippen molar-refractivity contribution in [2.45, 2.75) is 6.92 Å². The standard InChI is InChI=1S/C22H19IO4/c1-4-9-26-21-18(23)11-15(12-20(21)25-3)10-17-13-19(27-22(17)24)16-7-5-14(2)6-8-16/h4-8,10-13H,1,9H2,2-3H3/b17-10+. The molecule has 0 radical (unpaired) electrons. The van der Waals surface area contributed by atoms with Gasteiger partial charge < -0.3 is 14.2 Å². The lowest BCUT2D eigenvalue weighted by Gasteiger charge is -2.12. The summed E-state index contributed by atoms with van der Waals surface area (Å²) in [4.78, 5) is 12.3. The molecule has 0 fully saturated rings. The average Bonchev–Trinajstić information content (AvgIpc) is 3.01. The first kappa shape index (κ1) is 19.2. The molecule has 27 heavy (non-hydrogen) atoms. The highest BCUT2D eigenvalue weighted by Crippen LogP contribution is 2.35. The minimum Gasteiger partial charge on any atom is -0.493 e. The van der Waals surface area contributed by atoms with Gasteiger partial charge in [0.15, 0.2) is 11.5 Å². The monoisotopic (exact) mass is 474 g/mol. The normalized spacial score (nSPS) is 14.7. The summed E-state index contributed by atoms with van der Waals surface area (Å²) in [6.07, 6.45) is 5.22. The lowest BCUT2D eigenvalue weighted by Crippen LogP contribution is -2.00. The van der Waals surface area contributed by atoms with Gasteiger partial charge in [-0.3, -0.25) is 0 Å². The lowest BCUT2D eigenvalue weighted by molar-refractivity contribution is -0.130. The van der Waals surface area contributed by atoms with Crippen molar-refractivity contribution >= 4 is 40.4 Å². The number of ether oxygens (including phenoxy) is 3. The van der Waals surface area contributed by atoms with Crippen LogP contribution in [0, 0.1) is 10.5 Å². The molecule has 0 N–H and O–H groups in total. The largest absolute Gasteiger partial charge is 0.493 e. The average molecular weight is 474 g/mol. The predicted molar refractivity (Wildman–Crippen MR) is 115 cm³/mol. The first-order valence-corrected chi connectivity index (χ1v) is 9.43. The molecule has 0 saturated carbocycles. The topological polar surface area (TPSA) is 44.8 Å². The third-order valence-corrected chi connectivity index (χ3v) is 4.78. The Bertz CT molecular complexity index is 940. The van der Waals surface area contributed by atoms with Crippen LogP contribution in [-0.2, 0) is 9.53 Å². The number of esters is 1. The minimum absolute atomic E-state index is 0.369. The van der Waals surface area contributed by atoms with E-state index in [1.165, 1.54) is 0 Å². The lowest BCUT2D eigenvalue weighted by atomic mass is 10.1. The number of halogens is 1. The van der Waals surface area contributed by atoms with E-state index in [1.54, 1.807) is 25.3 Å². The molecule has 0 aliphatic carbocycles. The predicted octanol–water partition coefficient (Wildman–Crippen LogP) is 5.15.